The molecule has 6 heteroatoms. The first-order valence-corrected chi connectivity index (χ1v) is 10.6. The maximum absolute atomic E-state index is 12.5. The maximum Gasteiger partial charge on any atom is 0.261 e. The normalized spacial score (nSPS) is 10.6. The summed E-state index contributed by atoms with van der Waals surface area (Å²) >= 11 is 1.43. The van der Waals surface area contributed by atoms with Crippen LogP contribution in [0.2, 0.25) is 0 Å². The molecule has 0 bridgehead atoms. The number of anilines is 2. The van der Waals surface area contributed by atoms with Crippen LogP contribution in [0.25, 0.3) is 10.6 Å². The van der Waals surface area contributed by atoms with Gasteiger partial charge in [-0.1, -0.05) is 42.5 Å². The molecule has 0 saturated heterocycles. The van der Waals surface area contributed by atoms with Crippen molar-refractivity contribution in [2.24, 2.45) is 0 Å². The molecular weight excluding hydrogens is 392 g/mol. The molecule has 4 aromatic rings. The minimum absolute atomic E-state index is 0.0608. The van der Waals surface area contributed by atoms with E-state index >= 15 is 0 Å². The first kappa shape index (κ1) is 19.8. The summed E-state index contributed by atoms with van der Waals surface area (Å²) in [6, 6.07) is 23.8. The van der Waals surface area contributed by atoms with E-state index in [1.165, 1.54) is 16.9 Å². The highest BCUT2D eigenvalue weighted by molar-refractivity contribution is 7.17. The number of hydrogen-bond donors (Lipinski definition) is 2. The van der Waals surface area contributed by atoms with Crippen LogP contribution in [0.5, 0.6) is 0 Å². The zero-order chi connectivity index (χ0) is 20.8. The zero-order valence-electron chi connectivity index (χ0n) is 16.6. The van der Waals surface area contributed by atoms with Crippen molar-refractivity contribution in [3.63, 3.8) is 0 Å². The second kappa shape index (κ2) is 9.33. The van der Waals surface area contributed by atoms with Gasteiger partial charge in [0, 0.05) is 18.4 Å². The molecule has 0 fully saturated rings. The van der Waals surface area contributed by atoms with E-state index in [-0.39, 0.29) is 5.91 Å². The van der Waals surface area contributed by atoms with Gasteiger partial charge in [-0.05, 0) is 54.8 Å². The standard InChI is InChI=1S/C24H22N4OS/c1-17-6-5-9-19(16-17)27-24-26-15-13-20(28-24)21-10-11-22(30-21)23(29)25-14-12-18-7-3-2-4-8-18/h2-11,13,15-16H,12,14H2,1H3,(H,25,29)(H,26,27,28). The number of hydrogen-bond acceptors (Lipinski definition) is 5. The molecule has 4 rings (SSSR count). The Balaban J connectivity index is 1.40. The molecule has 2 N–H and O–H groups in total. The smallest absolute Gasteiger partial charge is 0.261 e. The average Bonchev–Trinajstić information content (AvgIpc) is 3.25. The van der Waals surface area contributed by atoms with Crippen molar-refractivity contribution in [1.82, 2.24) is 15.3 Å². The quantitative estimate of drug-likeness (QED) is 0.435. The van der Waals surface area contributed by atoms with Crippen LogP contribution in [0.15, 0.2) is 79.0 Å². The molecule has 2 aromatic carbocycles. The van der Waals surface area contributed by atoms with Gasteiger partial charge in [-0.2, -0.15) is 0 Å². The first-order chi connectivity index (χ1) is 14.7. The molecule has 0 aliphatic rings. The third kappa shape index (κ3) is 5.10. The van der Waals surface area contributed by atoms with E-state index < -0.39 is 0 Å². The second-order valence-corrected chi connectivity index (χ2v) is 8.00. The van der Waals surface area contributed by atoms with E-state index in [1.54, 1.807) is 6.20 Å². The molecule has 0 saturated carbocycles. The van der Waals surface area contributed by atoms with Crippen LogP contribution in [-0.4, -0.2) is 22.4 Å². The Morgan fingerprint density at radius 2 is 1.87 bits per heavy atom. The van der Waals surface area contributed by atoms with Crippen LogP contribution in [-0.2, 0) is 6.42 Å². The Morgan fingerprint density at radius 3 is 2.70 bits per heavy atom. The summed E-state index contributed by atoms with van der Waals surface area (Å²) in [5, 5.41) is 6.22. The van der Waals surface area contributed by atoms with Gasteiger partial charge in [0.15, 0.2) is 0 Å². The van der Waals surface area contributed by atoms with E-state index in [2.05, 4.69) is 32.7 Å². The Hall–Kier alpha value is -3.51. The summed E-state index contributed by atoms with van der Waals surface area (Å²) in [5.41, 5.74) is 4.10. The van der Waals surface area contributed by atoms with Crippen molar-refractivity contribution in [2.45, 2.75) is 13.3 Å². The van der Waals surface area contributed by atoms with E-state index in [0.717, 1.165) is 28.2 Å². The second-order valence-electron chi connectivity index (χ2n) is 6.92. The van der Waals surface area contributed by atoms with Crippen LogP contribution >= 0.6 is 11.3 Å². The average molecular weight is 415 g/mol. The minimum atomic E-state index is -0.0608. The van der Waals surface area contributed by atoms with Gasteiger partial charge in [0.05, 0.1) is 15.4 Å². The predicted octanol–water partition coefficient (Wildman–Crippen LogP) is 5.23. The van der Waals surface area contributed by atoms with Gasteiger partial charge >= 0.3 is 0 Å². The lowest BCUT2D eigenvalue weighted by molar-refractivity contribution is 0.0958. The van der Waals surface area contributed by atoms with Gasteiger partial charge in [-0.25, -0.2) is 9.97 Å². The van der Waals surface area contributed by atoms with Crippen molar-refractivity contribution in [3.8, 4) is 10.6 Å². The number of benzene rings is 2. The van der Waals surface area contributed by atoms with E-state index in [1.807, 2.05) is 67.6 Å². The van der Waals surface area contributed by atoms with Gasteiger partial charge in [-0.15, -0.1) is 11.3 Å². The summed E-state index contributed by atoms with van der Waals surface area (Å²) in [4.78, 5) is 23.0. The number of thiophene rings is 1. The van der Waals surface area contributed by atoms with Crippen LogP contribution in [0.1, 0.15) is 20.8 Å². The predicted molar refractivity (Wildman–Crippen MR) is 122 cm³/mol. The van der Waals surface area contributed by atoms with Crippen molar-refractivity contribution in [2.75, 3.05) is 11.9 Å². The van der Waals surface area contributed by atoms with Crippen molar-refractivity contribution >= 4 is 28.9 Å². The Morgan fingerprint density at radius 1 is 1.00 bits per heavy atom. The van der Waals surface area contributed by atoms with Gasteiger partial charge in [0.25, 0.3) is 5.91 Å². The lowest BCUT2D eigenvalue weighted by atomic mass is 10.1. The lowest BCUT2D eigenvalue weighted by Gasteiger charge is -2.06. The van der Waals surface area contributed by atoms with Crippen molar-refractivity contribution in [3.05, 3.63) is 95.0 Å². The van der Waals surface area contributed by atoms with Crippen LogP contribution < -0.4 is 10.6 Å². The summed E-state index contributed by atoms with van der Waals surface area (Å²) in [6.07, 6.45) is 2.53. The number of carbonyl (C=O) groups excluding carboxylic acids is 1. The van der Waals surface area contributed by atoms with Crippen LogP contribution in [0.3, 0.4) is 0 Å². The highest BCUT2D eigenvalue weighted by atomic mass is 32.1. The number of rotatable bonds is 7. The monoisotopic (exact) mass is 414 g/mol. The molecule has 150 valence electrons. The third-order valence-electron chi connectivity index (χ3n) is 4.55. The maximum atomic E-state index is 12.5. The molecule has 2 heterocycles. The first-order valence-electron chi connectivity index (χ1n) is 9.76. The molecule has 5 nitrogen and oxygen atoms in total. The molecule has 30 heavy (non-hydrogen) atoms. The largest absolute Gasteiger partial charge is 0.351 e. The highest BCUT2D eigenvalue weighted by Gasteiger charge is 2.11. The van der Waals surface area contributed by atoms with Crippen LogP contribution in [0, 0.1) is 6.92 Å². The van der Waals surface area contributed by atoms with Crippen molar-refractivity contribution < 1.29 is 4.79 Å². The SMILES string of the molecule is Cc1cccc(Nc2nccc(-c3ccc(C(=O)NCCc4ccccc4)s3)n2)c1. The highest BCUT2D eigenvalue weighted by Crippen LogP contribution is 2.27. The van der Waals surface area contributed by atoms with Gasteiger partial charge in [0.2, 0.25) is 5.95 Å². The number of amides is 1. The van der Waals surface area contributed by atoms with E-state index in [4.69, 9.17) is 0 Å². The number of aryl methyl sites for hydroxylation is 1. The van der Waals surface area contributed by atoms with Gasteiger partial charge < -0.3 is 10.6 Å². The summed E-state index contributed by atoms with van der Waals surface area (Å²) < 4.78 is 0. The molecule has 0 atom stereocenters. The number of carbonyl (C=O) groups is 1. The Kier molecular flexibility index (Phi) is 6.15. The lowest BCUT2D eigenvalue weighted by Crippen LogP contribution is -2.24. The van der Waals surface area contributed by atoms with Gasteiger partial charge in [-0.3, -0.25) is 4.79 Å². The fourth-order valence-corrected chi connectivity index (χ4v) is 3.95. The zero-order valence-corrected chi connectivity index (χ0v) is 17.4. The van der Waals surface area contributed by atoms with E-state index in [9.17, 15) is 4.79 Å². The van der Waals surface area contributed by atoms with E-state index in [0.29, 0.717) is 17.4 Å². The van der Waals surface area contributed by atoms with Gasteiger partial charge in [0.1, 0.15) is 0 Å². The molecule has 0 radical (unpaired) electrons. The summed E-state index contributed by atoms with van der Waals surface area (Å²) in [7, 11) is 0. The molecule has 0 aliphatic heterocycles. The fourth-order valence-electron chi connectivity index (χ4n) is 3.06. The number of aromatic nitrogens is 2. The minimum Gasteiger partial charge on any atom is -0.351 e. The number of nitrogens with zero attached hydrogens (tertiary/aromatic N) is 2. The molecule has 0 unspecified atom stereocenters. The Labute approximate surface area is 179 Å². The summed E-state index contributed by atoms with van der Waals surface area (Å²) in [6.45, 7) is 2.65. The molecule has 2 aromatic heterocycles. The summed E-state index contributed by atoms with van der Waals surface area (Å²) in [5.74, 6) is 0.467. The van der Waals surface area contributed by atoms with Crippen molar-refractivity contribution in [1.29, 1.82) is 0 Å². The third-order valence-corrected chi connectivity index (χ3v) is 5.66. The topological polar surface area (TPSA) is 66.9 Å². The molecule has 0 spiro atoms. The Bertz CT molecular complexity index is 1140. The molecule has 1 amide bonds. The van der Waals surface area contributed by atoms with Crippen LogP contribution in [0.4, 0.5) is 11.6 Å². The number of nitrogens with one attached hydrogen (secondary N) is 2. The molecule has 0 aliphatic carbocycles. The molecular formula is C24H22N4OS. The fraction of sp³-hybridized carbons (Fsp3) is 0.125.